The Labute approximate surface area is 112 Å². The summed E-state index contributed by atoms with van der Waals surface area (Å²) in [7, 11) is 1.94. The number of hydrogen-bond acceptors (Lipinski definition) is 5. The summed E-state index contributed by atoms with van der Waals surface area (Å²) in [6, 6.07) is 7.94. The van der Waals surface area contributed by atoms with Crippen LogP contribution in [0.15, 0.2) is 30.5 Å². The fourth-order valence-corrected chi connectivity index (χ4v) is 2.16. The van der Waals surface area contributed by atoms with E-state index in [1.54, 1.807) is 0 Å². The molecular weight excluding hydrogens is 240 g/mol. The van der Waals surface area contributed by atoms with Crippen molar-refractivity contribution in [2.75, 3.05) is 25.0 Å². The molecule has 98 valence electrons. The van der Waals surface area contributed by atoms with Crippen molar-refractivity contribution in [3.8, 4) is 17.0 Å². The van der Waals surface area contributed by atoms with E-state index in [0.717, 1.165) is 29.1 Å². The van der Waals surface area contributed by atoms with Crippen LogP contribution < -0.4 is 15.4 Å². The maximum Gasteiger partial charge on any atom is 0.225 e. The third-order valence-corrected chi connectivity index (χ3v) is 3.18. The van der Waals surface area contributed by atoms with Gasteiger partial charge in [0, 0.05) is 37.5 Å². The molecule has 0 saturated carbocycles. The predicted octanol–water partition coefficient (Wildman–Crippen LogP) is 1.43. The van der Waals surface area contributed by atoms with Crippen LogP contribution >= 0.6 is 0 Å². The SMILES string of the molecule is CN(CCN)c1ncc2c(n1)-c1ccccc1OC2. The number of rotatable bonds is 3. The van der Waals surface area contributed by atoms with Gasteiger partial charge in [-0.2, -0.15) is 0 Å². The Kier molecular flexibility index (Phi) is 3.05. The Morgan fingerprint density at radius 2 is 2.21 bits per heavy atom. The maximum absolute atomic E-state index is 5.68. The van der Waals surface area contributed by atoms with E-state index in [2.05, 4.69) is 9.97 Å². The maximum atomic E-state index is 5.68. The lowest BCUT2D eigenvalue weighted by atomic mass is 10.0. The first-order valence-corrected chi connectivity index (χ1v) is 6.29. The van der Waals surface area contributed by atoms with Crippen LogP contribution in [0.3, 0.4) is 0 Å². The second kappa shape index (κ2) is 4.85. The highest BCUT2D eigenvalue weighted by molar-refractivity contribution is 5.72. The van der Waals surface area contributed by atoms with Gasteiger partial charge in [-0.15, -0.1) is 0 Å². The molecule has 0 spiro atoms. The molecule has 0 fully saturated rings. The van der Waals surface area contributed by atoms with Gasteiger partial charge in [-0.05, 0) is 12.1 Å². The van der Waals surface area contributed by atoms with E-state index in [-0.39, 0.29) is 0 Å². The van der Waals surface area contributed by atoms with Crippen LogP contribution in [0.5, 0.6) is 5.75 Å². The Hall–Kier alpha value is -2.14. The number of fused-ring (bicyclic) bond motifs is 3. The molecule has 0 aliphatic carbocycles. The van der Waals surface area contributed by atoms with Gasteiger partial charge < -0.3 is 15.4 Å². The van der Waals surface area contributed by atoms with Crippen molar-refractivity contribution in [1.29, 1.82) is 0 Å². The topological polar surface area (TPSA) is 64.3 Å². The highest BCUT2D eigenvalue weighted by Gasteiger charge is 2.19. The van der Waals surface area contributed by atoms with Crippen LogP contribution in [-0.2, 0) is 6.61 Å². The molecule has 5 heteroatoms. The van der Waals surface area contributed by atoms with Crippen LogP contribution in [0.1, 0.15) is 5.56 Å². The van der Waals surface area contributed by atoms with Gasteiger partial charge in [0.25, 0.3) is 0 Å². The van der Waals surface area contributed by atoms with E-state index in [1.165, 1.54) is 0 Å². The highest BCUT2D eigenvalue weighted by atomic mass is 16.5. The van der Waals surface area contributed by atoms with E-state index < -0.39 is 0 Å². The van der Waals surface area contributed by atoms with Crippen molar-refractivity contribution in [3.05, 3.63) is 36.0 Å². The Balaban J connectivity index is 2.05. The number of nitrogens with zero attached hydrogens (tertiary/aromatic N) is 3. The lowest BCUT2D eigenvalue weighted by Gasteiger charge is -2.22. The zero-order chi connectivity index (χ0) is 13.2. The van der Waals surface area contributed by atoms with Gasteiger partial charge in [-0.1, -0.05) is 12.1 Å². The normalized spacial score (nSPS) is 12.3. The fraction of sp³-hybridized carbons (Fsp3) is 0.286. The van der Waals surface area contributed by atoms with Crippen LogP contribution in [0.2, 0.25) is 0 Å². The third-order valence-electron chi connectivity index (χ3n) is 3.18. The second-order valence-electron chi connectivity index (χ2n) is 4.54. The zero-order valence-corrected chi connectivity index (χ0v) is 10.8. The van der Waals surface area contributed by atoms with Gasteiger partial charge >= 0.3 is 0 Å². The number of likely N-dealkylation sites (N-methyl/N-ethyl adjacent to an activating group) is 1. The van der Waals surface area contributed by atoms with Crippen LogP contribution in [0, 0.1) is 0 Å². The fourth-order valence-electron chi connectivity index (χ4n) is 2.16. The van der Waals surface area contributed by atoms with E-state index in [4.69, 9.17) is 10.5 Å². The highest BCUT2D eigenvalue weighted by Crippen LogP contribution is 2.36. The van der Waals surface area contributed by atoms with Gasteiger partial charge in [0.1, 0.15) is 12.4 Å². The van der Waals surface area contributed by atoms with E-state index in [0.29, 0.717) is 19.1 Å². The molecule has 0 amide bonds. The number of para-hydroxylation sites is 1. The van der Waals surface area contributed by atoms with Crippen LogP contribution in [0.25, 0.3) is 11.3 Å². The minimum Gasteiger partial charge on any atom is -0.488 e. The minimum absolute atomic E-state index is 0.521. The Morgan fingerprint density at radius 1 is 1.37 bits per heavy atom. The molecule has 1 aromatic carbocycles. The molecule has 2 heterocycles. The van der Waals surface area contributed by atoms with Crippen molar-refractivity contribution in [2.45, 2.75) is 6.61 Å². The van der Waals surface area contributed by atoms with Crippen molar-refractivity contribution >= 4 is 5.95 Å². The number of anilines is 1. The molecule has 1 aliphatic heterocycles. The standard InChI is InChI=1S/C14H16N4O/c1-18(7-6-15)14-16-8-10-9-19-12-5-3-2-4-11(12)13(10)17-14/h2-5,8H,6-7,9,15H2,1H3. The molecule has 0 unspecified atom stereocenters. The summed E-state index contributed by atoms with van der Waals surface area (Å²) < 4.78 is 5.68. The lowest BCUT2D eigenvalue weighted by Crippen LogP contribution is -2.27. The van der Waals surface area contributed by atoms with Gasteiger partial charge in [0.05, 0.1) is 5.69 Å². The molecule has 3 rings (SSSR count). The van der Waals surface area contributed by atoms with Crippen molar-refractivity contribution in [2.24, 2.45) is 5.73 Å². The first-order valence-electron chi connectivity index (χ1n) is 6.29. The smallest absolute Gasteiger partial charge is 0.225 e. The molecule has 5 nitrogen and oxygen atoms in total. The van der Waals surface area contributed by atoms with Crippen LogP contribution in [-0.4, -0.2) is 30.1 Å². The van der Waals surface area contributed by atoms with Gasteiger partial charge in [0.15, 0.2) is 0 Å². The molecule has 2 N–H and O–H groups in total. The first kappa shape index (κ1) is 11.9. The Morgan fingerprint density at radius 3 is 3.05 bits per heavy atom. The van der Waals surface area contributed by atoms with Gasteiger partial charge in [0.2, 0.25) is 5.95 Å². The predicted molar refractivity (Wildman–Crippen MR) is 74.1 cm³/mol. The summed E-state index contributed by atoms with van der Waals surface area (Å²) in [6.45, 7) is 1.83. The molecule has 0 radical (unpaired) electrons. The summed E-state index contributed by atoms with van der Waals surface area (Å²) in [6.07, 6.45) is 1.83. The molecule has 2 aromatic rings. The largest absolute Gasteiger partial charge is 0.488 e. The van der Waals surface area contributed by atoms with Crippen molar-refractivity contribution < 1.29 is 4.74 Å². The molecule has 0 atom stereocenters. The number of nitrogens with two attached hydrogens (primary N) is 1. The number of hydrogen-bond donors (Lipinski definition) is 1. The van der Waals surface area contributed by atoms with E-state index in [9.17, 15) is 0 Å². The minimum atomic E-state index is 0.521. The zero-order valence-electron chi connectivity index (χ0n) is 10.8. The quantitative estimate of drug-likeness (QED) is 0.900. The molecule has 1 aliphatic rings. The van der Waals surface area contributed by atoms with Gasteiger partial charge in [-0.3, -0.25) is 0 Å². The molecule has 0 saturated heterocycles. The molecular formula is C14H16N4O. The summed E-state index contributed by atoms with van der Waals surface area (Å²) in [5.41, 5.74) is 8.56. The number of ether oxygens (including phenoxy) is 1. The van der Waals surface area contributed by atoms with Crippen molar-refractivity contribution in [1.82, 2.24) is 9.97 Å². The summed E-state index contributed by atoms with van der Waals surface area (Å²) in [5.74, 6) is 1.57. The third kappa shape index (κ3) is 2.13. The molecule has 1 aromatic heterocycles. The average molecular weight is 256 g/mol. The monoisotopic (exact) mass is 256 g/mol. The number of aromatic nitrogens is 2. The lowest BCUT2D eigenvalue weighted by molar-refractivity contribution is 0.301. The number of benzene rings is 1. The molecule has 19 heavy (non-hydrogen) atoms. The summed E-state index contributed by atoms with van der Waals surface area (Å²) in [4.78, 5) is 11.0. The summed E-state index contributed by atoms with van der Waals surface area (Å²) in [5, 5.41) is 0. The van der Waals surface area contributed by atoms with Gasteiger partial charge in [-0.25, -0.2) is 9.97 Å². The molecule has 0 bridgehead atoms. The van der Waals surface area contributed by atoms with Crippen molar-refractivity contribution in [3.63, 3.8) is 0 Å². The Bertz CT molecular complexity index is 600. The van der Waals surface area contributed by atoms with E-state index >= 15 is 0 Å². The average Bonchev–Trinajstić information content (AvgIpc) is 2.47. The second-order valence-corrected chi connectivity index (χ2v) is 4.54. The first-order chi connectivity index (χ1) is 9.29. The van der Waals surface area contributed by atoms with E-state index in [1.807, 2.05) is 42.4 Å². The summed E-state index contributed by atoms with van der Waals surface area (Å²) >= 11 is 0. The van der Waals surface area contributed by atoms with Crippen LogP contribution in [0.4, 0.5) is 5.95 Å².